The summed E-state index contributed by atoms with van der Waals surface area (Å²) in [5, 5.41) is 0. The summed E-state index contributed by atoms with van der Waals surface area (Å²) in [6, 6.07) is 0. The van der Waals surface area contributed by atoms with E-state index in [0.29, 0.717) is 23.9 Å². The van der Waals surface area contributed by atoms with Crippen molar-refractivity contribution in [3.63, 3.8) is 0 Å². The standard InChI is InChI=1S/C64H102NO8P/c1-6-8-10-12-14-16-18-20-22-24-26-28-30-32-34-36-38-40-42-44-46-48-50-52-54-56-63(66)70-60-62(61-72-74(68,69)71-59-58-65(3,4)5)73-64(67)57-55-53-51-49-47-45-43-41-39-37-35-33-31-29-27-25-23-21-19-17-15-13-11-9-7-2/h16,18,22-25,28-31,34-37,40-43,46-49,52-55,62H,6-15,17,19-21,26-27,32-33,38-39,44-45,50-51,56-61H2,1-5H3/p+1/t62-/m1/s1. The van der Waals surface area contributed by atoms with E-state index in [9.17, 15) is 19.0 Å². The number of esters is 2. The highest BCUT2D eigenvalue weighted by atomic mass is 31.2. The molecule has 0 aromatic rings. The van der Waals surface area contributed by atoms with E-state index in [2.05, 4.69) is 135 Å². The van der Waals surface area contributed by atoms with Crippen molar-refractivity contribution in [3.8, 4) is 0 Å². The number of carbonyl (C=O) groups is 2. The molecule has 416 valence electrons. The number of hydrogen-bond donors (Lipinski definition) is 1. The van der Waals surface area contributed by atoms with Gasteiger partial charge in [0.15, 0.2) is 6.10 Å². The van der Waals surface area contributed by atoms with Crippen LogP contribution in [-0.2, 0) is 32.7 Å². The van der Waals surface area contributed by atoms with Gasteiger partial charge in [-0.2, -0.15) is 0 Å². The molecule has 0 fully saturated rings. The highest BCUT2D eigenvalue weighted by molar-refractivity contribution is 7.47. The summed E-state index contributed by atoms with van der Waals surface area (Å²) in [7, 11) is 1.34. The van der Waals surface area contributed by atoms with Crippen molar-refractivity contribution in [3.05, 3.63) is 158 Å². The maximum absolute atomic E-state index is 12.7. The van der Waals surface area contributed by atoms with Gasteiger partial charge in [-0.3, -0.25) is 18.6 Å². The van der Waals surface area contributed by atoms with Gasteiger partial charge in [-0.25, -0.2) is 4.57 Å². The molecule has 10 heteroatoms. The van der Waals surface area contributed by atoms with Crippen molar-refractivity contribution in [2.75, 3.05) is 47.5 Å². The lowest BCUT2D eigenvalue weighted by Crippen LogP contribution is -2.37. The van der Waals surface area contributed by atoms with Crippen LogP contribution < -0.4 is 0 Å². The molecule has 0 aromatic carbocycles. The summed E-state index contributed by atoms with van der Waals surface area (Å²) in [6.07, 6.45) is 80.9. The zero-order chi connectivity index (χ0) is 54.2. The fraction of sp³-hybridized carbons (Fsp3) is 0.562. The molecule has 9 nitrogen and oxygen atoms in total. The van der Waals surface area contributed by atoms with Crippen molar-refractivity contribution in [2.45, 2.75) is 187 Å². The van der Waals surface area contributed by atoms with Gasteiger partial charge >= 0.3 is 19.8 Å². The summed E-state index contributed by atoms with van der Waals surface area (Å²) >= 11 is 0. The van der Waals surface area contributed by atoms with Crippen LogP contribution in [0.3, 0.4) is 0 Å². The molecule has 0 heterocycles. The zero-order valence-electron chi connectivity index (χ0n) is 47.0. The van der Waals surface area contributed by atoms with Crippen molar-refractivity contribution >= 4 is 19.8 Å². The Labute approximate surface area is 452 Å². The Balaban J connectivity index is 4.53. The van der Waals surface area contributed by atoms with Crippen LogP contribution in [0, 0.1) is 0 Å². The van der Waals surface area contributed by atoms with Crippen LogP contribution in [-0.4, -0.2) is 74.9 Å². The molecule has 0 saturated heterocycles. The lowest BCUT2D eigenvalue weighted by atomic mass is 10.1. The Bertz CT molecular complexity index is 1800. The number of phosphoric acid groups is 1. The first-order valence-corrected chi connectivity index (χ1v) is 29.7. The normalized spacial score (nSPS) is 14.5. The fourth-order valence-electron chi connectivity index (χ4n) is 6.72. The maximum Gasteiger partial charge on any atom is 0.472 e. The quantitative estimate of drug-likeness (QED) is 0.0211. The Morgan fingerprint density at radius 2 is 0.730 bits per heavy atom. The second kappa shape index (κ2) is 53.5. The minimum atomic E-state index is -4.44. The highest BCUT2D eigenvalue weighted by Crippen LogP contribution is 2.43. The van der Waals surface area contributed by atoms with Gasteiger partial charge in [-0.1, -0.05) is 230 Å². The number of quaternary nitrogens is 1. The molecule has 0 bridgehead atoms. The van der Waals surface area contributed by atoms with Gasteiger partial charge in [0.25, 0.3) is 0 Å². The molecule has 0 aliphatic carbocycles. The number of carbonyl (C=O) groups excluding carboxylic acids is 2. The van der Waals surface area contributed by atoms with Gasteiger partial charge in [0.1, 0.15) is 19.8 Å². The lowest BCUT2D eigenvalue weighted by molar-refractivity contribution is -0.870. The molecular weight excluding hydrogens is 942 g/mol. The number of nitrogens with zero attached hydrogens (tertiary/aromatic N) is 1. The Morgan fingerprint density at radius 1 is 0.419 bits per heavy atom. The Morgan fingerprint density at radius 3 is 1.09 bits per heavy atom. The average Bonchev–Trinajstić information content (AvgIpc) is 3.36. The summed E-state index contributed by atoms with van der Waals surface area (Å²) < 4.78 is 34.2. The highest BCUT2D eigenvalue weighted by Gasteiger charge is 2.26. The summed E-state index contributed by atoms with van der Waals surface area (Å²) in [6.45, 7) is 4.15. The number of hydrogen-bond acceptors (Lipinski definition) is 7. The summed E-state index contributed by atoms with van der Waals surface area (Å²) in [5.74, 6) is -1.11. The minimum absolute atomic E-state index is 0.00928. The average molecular weight is 1050 g/mol. The lowest BCUT2D eigenvalue weighted by Gasteiger charge is -2.24. The third kappa shape index (κ3) is 56.9. The van der Waals surface area contributed by atoms with Crippen molar-refractivity contribution < 1.29 is 42.1 Å². The fourth-order valence-corrected chi connectivity index (χ4v) is 7.47. The van der Waals surface area contributed by atoms with Gasteiger partial charge in [-0.15, -0.1) is 0 Å². The monoisotopic (exact) mass is 1040 g/mol. The molecular formula is C64H103NO8P+. The predicted octanol–water partition coefficient (Wildman–Crippen LogP) is 17.7. The minimum Gasteiger partial charge on any atom is -0.461 e. The Kier molecular flexibility index (Phi) is 50.3. The topological polar surface area (TPSA) is 108 Å². The molecule has 0 radical (unpaired) electrons. The number of allylic oxidation sites excluding steroid dienone is 24. The van der Waals surface area contributed by atoms with Crippen molar-refractivity contribution in [1.82, 2.24) is 0 Å². The molecule has 0 aliphatic rings. The molecule has 0 spiro atoms. The molecule has 1 unspecified atom stereocenters. The summed E-state index contributed by atoms with van der Waals surface area (Å²) in [5.41, 5.74) is 0. The van der Waals surface area contributed by atoms with E-state index in [4.69, 9.17) is 18.5 Å². The SMILES string of the molecule is CCCCCCC=CCC=CCC=CCC=CCC=CCC=CCC=CCC(=O)OC[C@H](COP(=O)(O)OCC[N+](C)(C)C)OC(=O)CC=CCC=CCC=CCC=CCC=CCC=CCCCCCCCCC. The van der Waals surface area contributed by atoms with Crippen LogP contribution in [0.2, 0.25) is 0 Å². The van der Waals surface area contributed by atoms with Crippen LogP contribution in [0.25, 0.3) is 0 Å². The van der Waals surface area contributed by atoms with Gasteiger partial charge in [-0.05, 0) is 96.3 Å². The molecule has 0 rings (SSSR count). The second-order valence-corrected chi connectivity index (χ2v) is 20.7. The number of unbranched alkanes of at least 4 members (excludes halogenated alkanes) is 11. The van der Waals surface area contributed by atoms with Gasteiger partial charge in [0, 0.05) is 0 Å². The van der Waals surface area contributed by atoms with Crippen molar-refractivity contribution in [1.29, 1.82) is 0 Å². The van der Waals surface area contributed by atoms with Crippen molar-refractivity contribution in [2.24, 2.45) is 0 Å². The molecule has 0 aliphatic heterocycles. The van der Waals surface area contributed by atoms with Gasteiger partial charge in [0.05, 0.1) is 40.6 Å². The number of phosphoric ester groups is 1. The van der Waals surface area contributed by atoms with Crippen LogP contribution in [0.15, 0.2) is 158 Å². The molecule has 1 N–H and O–H groups in total. The molecule has 74 heavy (non-hydrogen) atoms. The first-order valence-electron chi connectivity index (χ1n) is 28.2. The third-order valence-corrected chi connectivity index (χ3v) is 12.1. The smallest absolute Gasteiger partial charge is 0.461 e. The maximum atomic E-state index is 12.7. The van der Waals surface area contributed by atoms with E-state index in [0.717, 1.165) is 57.8 Å². The first-order chi connectivity index (χ1) is 36.0. The van der Waals surface area contributed by atoms with E-state index >= 15 is 0 Å². The Hall–Kier alpha value is -4.37. The largest absolute Gasteiger partial charge is 0.472 e. The third-order valence-electron chi connectivity index (χ3n) is 11.1. The molecule has 0 aromatic heterocycles. The molecule has 0 saturated carbocycles. The van der Waals surface area contributed by atoms with E-state index in [1.54, 1.807) is 12.2 Å². The number of ether oxygens (including phenoxy) is 2. The number of likely N-dealkylation sites (N-methyl/N-ethyl adjacent to an activating group) is 1. The van der Waals surface area contributed by atoms with Crippen LogP contribution in [0.4, 0.5) is 0 Å². The van der Waals surface area contributed by atoms with Crippen LogP contribution in [0.1, 0.15) is 181 Å². The van der Waals surface area contributed by atoms with Crippen LogP contribution >= 0.6 is 7.82 Å². The first kappa shape index (κ1) is 69.6. The zero-order valence-corrected chi connectivity index (χ0v) is 47.9. The summed E-state index contributed by atoms with van der Waals surface area (Å²) in [4.78, 5) is 35.5. The van der Waals surface area contributed by atoms with E-state index in [-0.39, 0.29) is 26.1 Å². The van der Waals surface area contributed by atoms with Gasteiger partial charge in [0.2, 0.25) is 0 Å². The second-order valence-electron chi connectivity index (χ2n) is 19.3. The van der Waals surface area contributed by atoms with Gasteiger partial charge < -0.3 is 18.9 Å². The van der Waals surface area contributed by atoms with E-state index < -0.39 is 32.5 Å². The van der Waals surface area contributed by atoms with Crippen LogP contribution in [0.5, 0.6) is 0 Å². The van der Waals surface area contributed by atoms with E-state index in [1.165, 1.54) is 83.5 Å². The number of rotatable bonds is 49. The molecule has 2 atom stereocenters. The van der Waals surface area contributed by atoms with E-state index in [1.807, 2.05) is 45.4 Å². The predicted molar refractivity (Wildman–Crippen MR) is 316 cm³/mol. The molecule has 0 amide bonds.